The number of phenolic OH excluding ortho intramolecular Hbond substituents is 1. The molecule has 1 rings (SSSR count). The number of hydrogen-bond acceptors (Lipinski definition) is 4. The Morgan fingerprint density at radius 1 is 1.56 bits per heavy atom. The lowest BCUT2D eigenvalue weighted by atomic mass is 10.1. The number of hydrogen-bond donors (Lipinski definition) is 2. The van der Waals surface area contributed by atoms with E-state index < -0.39 is 0 Å². The zero-order valence-electron chi connectivity index (χ0n) is 9.36. The van der Waals surface area contributed by atoms with Crippen LogP contribution in [0.4, 0.5) is 5.69 Å². The highest BCUT2D eigenvalue weighted by Gasteiger charge is 2.05. The lowest BCUT2D eigenvalue weighted by Gasteiger charge is -2.03. The summed E-state index contributed by atoms with van der Waals surface area (Å²) in [5.41, 5.74) is 6.96. The van der Waals surface area contributed by atoms with Gasteiger partial charge in [-0.3, -0.25) is 0 Å². The minimum absolute atomic E-state index is 0.00501. The maximum atomic E-state index is 11.3. The van der Waals surface area contributed by atoms with Crippen molar-refractivity contribution in [3.63, 3.8) is 0 Å². The van der Waals surface area contributed by atoms with E-state index in [4.69, 9.17) is 10.5 Å². The number of nitrogen functional groups attached to an aromatic ring is 1. The van der Waals surface area contributed by atoms with E-state index in [0.29, 0.717) is 23.4 Å². The average Bonchev–Trinajstić information content (AvgIpc) is 2.24. The van der Waals surface area contributed by atoms with Crippen LogP contribution in [-0.4, -0.2) is 17.7 Å². The van der Waals surface area contributed by atoms with Crippen molar-refractivity contribution in [2.75, 3.05) is 12.3 Å². The van der Waals surface area contributed by atoms with Gasteiger partial charge in [0.15, 0.2) is 0 Å². The van der Waals surface area contributed by atoms with Crippen molar-refractivity contribution < 1.29 is 14.6 Å². The van der Waals surface area contributed by atoms with Gasteiger partial charge in [0, 0.05) is 5.57 Å². The summed E-state index contributed by atoms with van der Waals surface area (Å²) in [6.07, 6.45) is 1.64. The fourth-order valence-electron chi connectivity index (χ4n) is 1.20. The second kappa shape index (κ2) is 5.21. The zero-order valence-corrected chi connectivity index (χ0v) is 9.36. The molecule has 1 aromatic rings. The van der Waals surface area contributed by atoms with E-state index in [-0.39, 0.29) is 11.7 Å². The summed E-state index contributed by atoms with van der Waals surface area (Å²) >= 11 is 0. The van der Waals surface area contributed by atoms with Gasteiger partial charge in [0.05, 0.1) is 12.3 Å². The quantitative estimate of drug-likeness (QED) is 0.354. The topological polar surface area (TPSA) is 72.5 Å². The molecule has 0 fully saturated rings. The van der Waals surface area contributed by atoms with Gasteiger partial charge in [-0.1, -0.05) is 6.07 Å². The van der Waals surface area contributed by atoms with E-state index in [1.54, 1.807) is 32.1 Å². The van der Waals surface area contributed by atoms with Gasteiger partial charge in [-0.05, 0) is 37.6 Å². The van der Waals surface area contributed by atoms with Crippen LogP contribution < -0.4 is 5.73 Å². The lowest BCUT2D eigenvalue weighted by molar-refractivity contribution is -0.138. The third kappa shape index (κ3) is 3.02. The Kier molecular flexibility index (Phi) is 3.94. The Balaban J connectivity index is 2.89. The molecule has 0 radical (unpaired) electrons. The van der Waals surface area contributed by atoms with Crippen molar-refractivity contribution in [3.8, 4) is 5.75 Å². The van der Waals surface area contributed by atoms with Crippen LogP contribution in [0.5, 0.6) is 5.75 Å². The molecule has 16 heavy (non-hydrogen) atoms. The van der Waals surface area contributed by atoms with E-state index in [0.717, 1.165) is 0 Å². The van der Waals surface area contributed by atoms with Crippen LogP contribution in [0.1, 0.15) is 19.4 Å². The van der Waals surface area contributed by atoms with Crippen molar-refractivity contribution in [2.24, 2.45) is 0 Å². The molecule has 0 heterocycles. The first-order valence-corrected chi connectivity index (χ1v) is 4.98. The monoisotopic (exact) mass is 221 g/mol. The molecule has 0 aliphatic heterocycles. The Labute approximate surface area is 94.3 Å². The second-order valence-corrected chi connectivity index (χ2v) is 3.37. The highest BCUT2D eigenvalue weighted by molar-refractivity contribution is 5.93. The standard InChI is InChI=1S/C12H15NO3/c1-3-16-12(15)8(2)6-9-4-5-10(13)11(14)7-9/h4-7,14H,3,13H2,1-2H3. The molecule has 0 bridgehead atoms. The molecule has 0 amide bonds. The molecule has 0 unspecified atom stereocenters. The molecular formula is C12H15NO3. The highest BCUT2D eigenvalue weighted by Crippen LogP contribution is 2.22. The molecule has 0 saturated carbocycles. The van der Waals surface area contributed by atoms with Gasteiger partial charge >= 0.3 is 5.97 Å². The summed E-state index contributed by atoms with van der Waals surface area (Å²) in [6.45, 7) is 3.75. The number of esters is 1. The Hall–Kier alpha value is -1.97. The van der Waals surface area contributed by atoms with Crippen molar-refractivity contribution in [3.05, 3.63) is 29.3 Å². The summed E-state index contributed by atoms with van der Waals surface area (Å²) in [6, 6.07) is 4.80. The van der Waals surface area contributed by atoms with Crippen molar-refractivity contribution in [1.29, 1.82) is 0 Å². The number of aromatic hydroxyl groups is 1. The summed E-state index contributed by atoms with van der Waals surface area (Å²) in [7, 11) is 0. The van der Waals surface area contributed by atoms with Gasteiger partial charge in [0.2, 0.25) is 0 Å². The minimum Gasteiger partial charge on any atom is -0.506 e. The van der Waals surface area contributed by atoms with Crippen molar-refractivity contribution >= 4 is 17.7 Å². The SMILES string of the molecule is CCOC(=O)C(C)=Cc1ccc(N)c(O)c1. The summed E-state index contributed by atoms with van der Waals surface area (Å²) < 4.78 is 4.84. The number of phenols is 1. The molecule has 0 aliphatic carbocycles. The molecule has 0 saturated heterocycles. The number of carbonyl (C=O) groups excluding carboxylic acids is 1. The highest BCUT2D eigenvalue weighted by atomic mass is 16.5. The second-order valence-electron chi connectivity index (χ2n) is 3.37. The zero-order chi connectivity index (χ0) is 12.1. The largest absolute Gasteiger partial charge is 0.506 e. The Bertz CT molecular complexity index is 424. The van der Waals surface area contributed by atoms with Gasteiger partial charge in [-0.2, -0.15) is 0 Å². The molecule has 4 nitrogen and oxygen atoms in total. The number of ether oxygens (including phenoxy) is 1. The van der Waals surface area contributed by atoms with Crippen LogP contribution in [0, 0.1) is 0 Å². The fraction of sp³-hybridized carbons (Fsp3) is 0.250. The Morgan fingerprint density at radius 2 is 2.25 bits per heavy atom. The predicted octanol–water partition coefficient (Wildman–Crippen LogP) is 1.94. The van der Waals surface area contributed by atoms with E-state index in [1.807, 2.05) is 0 Å². The molecule has 0 aromatic heterocycles. The van der Waals surface area contributed by atoms with Gasteiger partial charge in [0.1, 0.15) is 5.75 Å². The first kappa shape index (κ1) is 12.1. The van der Waals surface area contributed by atoms with Gasteiger partial charge in [0.25, 0.3) is 0 Å². The van der Waals surface area contributed by atoms with Gasteiger partial charge < -0.3 is 15.6 Å². The summed E-state index contributed by atoms with van der Waals surface area (Å²) in [5, 5.41) is 9.38. The number of benzene rings is 1. The Morgan fingerprint density at radius 3 is 2.81 bits per heavy atom. The van der Waals surface area contributed by atoms with Crippen LogP contribution in [0.15, 0.2) is 23.8 Å². The van der Waals surface area contributed by atoms with E-state index in [1.165, 1.54) is 6.07 Å². The third-order valence-corrected chi connectivity index (χ3v) is 2.04. The maximum Gasteiger partial charge on any atom is 0.333 e. The average molecular weight is 221 g/mol. The molecule has 0 aliphatic rings. The van der Waals surface area contributed by atoms with Gasteiger partial charge in [-0.25, -0.2) is 4.79 Å². The van der Waals surface area contributed by atoms with Gasteiger partial charge in [-0.15, -0.1) is 0 Å². The molecular weight excluding hydrogens is 206 g/mol. The summed E-state index contributed by atoms with van der Waals surface area (Å²) in [4.78, 5) is 11.3. The number of carbonyl (C=O) groups is 1. The molecule has 4 heteroatoms. The molecule has 0 spiro atoms. The maximum absolute atomic E-state index is 11.3. The first-order chi connectivity index (χ1) is 7.54. The fourth-order valence-corrected chi connectivity index (χ4v) is 1.20. The van der Waals surface area contributed by atoms with Crippen molar-refractivity contribution in [2.45, 2.75) is 13.8 Å². The summed E-state index contributed by atoms with van der Waals surface area (Å²) in [5.74, 6) is -0.357. The van der Waals surface area contributed by atoms with Crippen LogP contribution in [-0.2, 0) is 9.53 Å². The molecule has 3 N–H and O–H groups in total. The number of rotatable bonds is 3. The normalized spacial score (nSPS) is 11.2. The third-order valence-electron chi connectivity index (χ3n) is 2.04. The van der Waals surface area contributed by atoms with E-state index >= 15 is 0 Å². The molecule has 0 atom stereocenters. The van der Waals surface area contributed by atoms with Crippen molar-refractivity contribution in [1.82, 2.24) is 0 Å². The van der Waals surface area contributed by atoms with Crippen LogP contribution in [0.3, 0.4) is 0 Å². The minimum atomic E-state index is -0.362. The van der Waals surface area contributed by atoms with Crippen LogP contribution >= 0.6 is 0 Å². The first-order valence-electron chi connectivity index (χ1n) is 4.98. The van der Waals surface area contributed by atoms with Crippen LogP contribution in [0.2, 0.25) is 0 Å². The molecule has 86 valence electrons. The number of anilines is 1. The molecule has 1 aromatic carbocycles. The van der Waals surface area contributed by atoms with E-state index in [2.05, 4.69) is 0 Å². The predicted molar refractivity (Wildman–Crippen MR) is 62.8 cm³/mol. The number of nitrogens with two attached hydrogens (primary N) is 1. The lowest BCUT2D eigenvalue weighted by Crippen LogP contribution is -2.04. The van der Waals surface area contributed by atoms with Crippen LogP contribution in [0.25, 0.3) is 6.08 Å². The smallest absolute Gasteiger partial charge is 0.333 e. The van der Waals surface area contributed by atoms with E-state index in [9.17, 15) is 9.90 Å².